The Morgan fingerprint density at radius 3 is 2.66 bits per heavy atom. The Morgan fingerprint density at radius 1 is 1.16 bits per heavy atom. The molecule has 170 valence electrons. The first-order valence-electron chi connectivity index (χ1n) is 10.8. The summed E-state index contributed by atoms with van der Waals surface area (Å²) in [5, 5.41) is 5.29. The number of carbonyl (C=O) groups is 3. The van der Waals surface area contributed by atoms with Crippen LogP contribution in [0.3, 0.4) is 0 Å². The molecule has 0 bridgehead atoms. The van der Waals surface area contributed by atoms with Gasteiger partial charge in [-0.2, -0.15) is 0 Å². The summed E-state index contributed by atoms with van der Waals surface area (Å²) in [6.07, 6.45) is 1.64. The van der Waals surface area contributed by atoms with E-state index in [4.69, 9.17) is 4.74 Å². The third-order valence-electron chi connectivity index (χ3n) is 5.32. The predicted octanol–water partition coefficient (Wildman–Crippen LogP) is 3.36. The van der Waals surface area contributed by atoms with Crippen molar-refractivity contribution in [2.24, 2.45) is 5.92 Å². The van der Waals surface area contributed by atoms with Crippen LogP contribution >= 0.6 is 0 Å². The number of rotatable bonds is 7. The molecule has 1 heterocycles. The Labute approximate surface area is 186 Å². The zero-order valence-electron chi connectivity index (χ0n) is 18.1. The quantitative estimate of drug-likeness (QED) is 0.645. The number of anilines is 1. The summed E-state index contributed by atoms with van der Waals surface area (Å²) in [4.78, 5) is 39.7. The van der Waals surface area contributed by atoms with Gasteiger partial charge in [-0.1, -0.05) is 36.4 Å². The highest BCUT2D eigenvalue weighted by atomic mass is 19.1. The minimum atomic E-state index is -0.841. The molecular weight excluding hydrogens is 413 g/mol. The van der Waals surface area contributed by atoms with Gasteiger partial charge >= 0.3 is 12.0 Å². The zero-order chi connectivity index (χ0) is 22.9. The van der Waals surface area contributed by atoms with Crippen LogP contribution in [-0.2, 0) is 20.7 Å². The summed E-state index contributed by atoms with van der Waals surface area (Å²) >= 11 is 0. The number of nitrogens with zero attached hydrogens (tertiary/aromatic N) is 1. The molecule has 0 saturated carbocycles. The summed E-state index contributed by atoms with van der Waals surface area (Å²) in [5.41, 5.74) is 1.17. The normalized spacial score (nSPS) is 16.7. The number of piperidine rings is 1. The first kappa shape index (κ1) is 23.2. The van der Waals surface area contributed by atoms with E-state index in [-0.39, 0.29) is 36.4 Å². The predicted molar refractivity (Wildman–Crippen MR) is 118 cm³/mol. The van der Waals surface area contributed by atoms with Crippen molar-refractivity contribution in [1.82, 2.24) is 10.2 Å². The van der Waals surface area contributed by atoms with E-state index in [1.807, 2.05) is 30.3 Å². The molecule has 0 aliphatic carbocycles. The van der Waals surface area contributed by atoms with Crippen molar-refractivity contribution < 1.29 is 23.5 Å². The van der Waals surface area contributed by atoms with Gasteiger partial charge in [0.2, 0.25) is 5.91 Å². The van der Waals surface area contributed by atoms with Gasteiger partial charge in [-0.05, 0) is 43.5 Å². The molecule has 0 aromatic heterocycles. The molecule has 1 aliphatic heterocycles. The van der Waals surface area contributed by atoms with Gasteiger partial charge in [-0.15, -0.1) is 0 Å². The first-order valence-corrected chi connectivity index (χ1v) is 10.8. The number of ether oxygens (including phenoxy) is 1. The number of urea groups is 1. The molecule has 8 heteroatoms. The van der Waals surface area contributed by atoms with E-state index >= 15 is 0 Å². The second-order valence-corrected chi connectivity index (χ2v) is 7.73. The number of likely N-dealkylation sites (tertiary alicyclic amines) is 1. The van der Waals surface area contributed by atoms with Gasteiger partial charge in [0, 0.05) is 25.2 Å². The third kappa shape index (κ3) is 6.54. The molecule has 2 atom stereocenters. The van der Waals surface area contributed by atoms with Gasteiger partial charge < -0.3 is 20.3 Å². The number of hydrogen-bond donors (Lipinski definition) is 2. The van der Waals surface area contributed by atoms with Crippen LogP contribution in [0.25, 0.3) is 0 Å². The number of halogens is 1. The van der Waals surface area contributed by atoms with Gasteiger partial charge in [0.05, 0.1) is 12.5 Å². The van der Waals surface area contributed by atoms with E-state index in [1.165, 1.54) is 18.2 Å². The summed E-state index contributed by atoms with van der Waals surface area (Å²) in [7, 11) is 0. The molecule has 2 aromatic carbocycles. The van der Waals surface area contributed by atoms with Crippen LogP contribution in [0.15, 0.2) is 54.6 Å². The van der Waals surface area contributed by atoms with Gasteiger partial charge in [0.15, 0.2) is 0 Å². The Hall–Kier alpha value is -3.42. The molecule has 1 fully saturated rings. The highest BCUT2D eigenvalue weighted by Crippen LogP contribution is 2.20. The van der Waals surface area contributed by atoms with E-state index in [1.54, 1.807) is 17.9 Å². The lowest BCUT2D eigenvalue weighted by Gasteiger charge is -2.34. The molecule has 7 nitrogen and oxygen atoms in total. The fourth-order valence-corrected chi connectivity index (χ4v) is 3.79. The lowest BCUT2D eigenvalue weighted by atomic mass is 9.96. The molecular formula is C24H28FN3O4. The van der Waals surface area contributed by atoms with Gasteiger partial charge in [0.1, 0.15) is 11.9 Å². The lowest BCUT2D eigenvalue weighted by molar-refractivity contribution is -0.151. The van der Waals surface area contributed by atoms with Crippen molar-refractivity contribution in [1.29, 1.82) is 0 Å². The maximum Gasteiger partial charge on any atom is 0.319 e. The molecule has 3 rings (SSSR count). The molecule has 32 heavy (non-hydrogen) atoms. The first-order chi connectivity index (χ1) is 15.5. The van der Waals surface area contributed by atoms with Gasteiger partial charge in [-0.3, -0.25) is 9.59 Å². The topological polar surface area (TPSA) is 87.7 Å². The van der Waals surface area contributed by atoms with Crippen LogP contribution in [0.1, 0.15) is 25.3 Å². The lowest BCUT2D eigenvalue weighted by Crippen LogP contribution is -2.53. The summed E-state index contributed by atoms with van der Waals surface area (Å²) in [5.74, 6) is -1.41. The summed E-state index contributed by atoms with van der Waals surface area (Å²) in [6, 6.07) is 13.4. The number of nitrogens with one attached hydrogen (secondary N) is 2. The largest absolute Gasteiger partial charge is 0.466 e. The van der Waals surface area contributed by atoms with E-state index in [2.05, 4.69) is 10.6 Å². The van der Waals surface area contributed by atoms with Crippen LogP contribution in [-0.4, -0.2) is 48.5 Å². The highest BCUT2D eigenvalue weighted by Gasteiger charge is 2.33. The minimum Gasteiger partial charge on any atom is -0.466 e. The van der Waals surface area contributed by atoms with Crippen molar-refractivity contribution in [3.63, 3.8) is 0 Å². The van der Waals surface area contributed by atoms with Crippen molar-refractivity contribution in [3.05, 3.63) is 66.0 Å². The second-order valence-electron chi connectivity index (χ2n) is 7.73. The molecule has 2 N–H and O–H groups in total. The summed E-state index contributed by atoms with van der Waals surface area (Å²) < 4.78 is 18.5. The third-order valence-corrected chi connectivity index (χ3v) is 5.32. The van der Waals surface area contributed by atoms with Crippen LogP contribution in [0.5, 0.6) is 0 Å². The SMILES string of the molecule is CCOC(=O)C1CCCN(C(=O)C(Cc2ccccc2)NC(=O)Nc2cccc(F)c2)C1. The van der Waals surface area contributed by atoms with E-state index in [0.717, 1.165) is 5.56 Å². The van der Waals surface area contributed by atoms with Crippen molar-refractivity contribution in [3.8, 4) is 0 Å². The minimum absolute atomic E-state index is 0.260. The zero-order valence-corrected chi connectivity index (χ0v) is 18.1. The van der Waals surface area contributed by atoms with Crippen LogP contribution in [0.2, 0.25) is 0 Å². The monoisotopic (exact) mass is 441 g/mol. The molecule has 1 aliphatic rings. The van der Waals surface area contributed by atoms with Crippen LogP contribution in [0, 0.1) is 11.7 Å². The average molecular weight is 442 g/mol. The van der Waals surface area contributed by atoms with Crippen LogP contribution in [0.4, 0.5) is 14.9 Å². The smallest absolute Gasteiger partial charge is 0.319 e. The van der Waals surface area contributed by atoms with Gasteiger partial charge in [0.25, 0.3) is 0 Å². The number of hydrogen-bond acceptors (Lipinski definition) is 4. The maximum atomic E-state index is 13.4. The standard InChI is InChI=1S/C24H28FN3O4/c1-2-32-23(30)18-10-7-13-28(16-18)22(29)21(14-17-8-4-3-5-9-17)27-24(31)26-20-12-6-11-19(25)15-20/h3-6,8-9,11-12,15,18,21H,2,7,10,13-14,16H2,1H3,(H2,26,27,31). The average Bonchev–Trinajstić information content (AvgIpc) is 2.79. The van der Waals surface area contributed by atoms with E-state index in [0.29, 0.717) is 26.0 Å². The number of esters is 1. The highest BCUT2D eigenvalue weighted by molar-refractivity contribution is 5.94. The fourth-order valence-electron chi connectivity index (χ4n) is 3.79. The van der Waals surface area contributed by atoms with E-state index in [9.17, 15) is 18.8 Å². The summed E-state index contributed by atoms with van der Waals surface area (Å²) in [6.45, 7) is 2.81. The molecule has 2 aromatic rings. The molecule has 1 saturated heterocycles. The number of amides is 3. The second kappa shape index (κ2) is 11.3. The Balaban J connectivity index is 1.72. The number of carbonyl (C=O) groups excluding carboxylic acids is 3. The molecule has 0 radical (unpaired) electrons. The Bertz CT molecular complexity index is 938. The molecule has 0 spiro atoms. The van der Waals surface area contributed by atoms with Crippen LogP contribution < -0.4 is 10.6 Å². The van der Waals surface area contributed by atoms with Crippen molar-refractivity contribution >= 4 is 23.6 Å². The molecule has 3 amide bonds. The van der Waals surface area contributed by atoms with Crippen molar-refractivity contribution in [2.45, 2.75) is 32.2 Å². The van der Waals surface area contributed by atoms with E-state index < -0.39 is 17.9 Å². The fraction of sp³-hybridized carbons (Fsp3) is 0.375. The Morgan fingerprint density at radius 2 is 1.94 bits per heavy atom. The Kier molecular flexibility index (Phi) is 8.19. The maximum absolute atomic E-state index is 13.4. The number of benzene rings is 2. The van der Waals surface area contributed by atoms with Gasteiger partial charge in [-0.25, -0.2) is 9.18 Å². The van der Waals surface area contributed by atoms with Crippen molar-refractivity contribution in [2.75, 3.05) is 25.0 Å². The molecule has 2 unspecified atom stereocenters.